The number of esters is 8. The van der Waals surface area contributed by atoms with Crippen LogP contribution in [0.5, 0.6) is 0 Å². The quantitative estimate of drug-likeness (QED) is 0.0158. The van der Waals surface area contributed by atoms with Crippen molar-refractivity contribution in [2.75, 3.05) is 19.8 Å². The average molecular weight is 1680 g/mol. The van der Waals surface area contributed by atoms with Gasteiger partial charge in [0.1, 0.15) is 18.1 Å². The maximum Gasteiger partial charge on any atom is 0.328 e. The van der Waals surface area contributed by atoms with Crippen molar-refractivity contribution < 1.29 is 114 Å². The second kappa shape index (κ2) is 35.3. The van der Waals surface area contributed by atoms with Crippen LogP contribution in [0.15, 0.2) is 103 Å². The molecule has 3 aromatic heterocycles. The first kappa shape index (κ1) is 88.5. The Morgan fingerprint density at radius 1 is 0.471 bits per heavy atom. The fraction of sp³-hybridized carbons (Fsp3) is 0.582. The molecule has 3 amide bonds. The van der Waals surface area contributed by atoms with Crippen molar-refractivity contribution in [2.45, 2.75) is 267 Å². The Kier molecular flexibility index (Phi) is 25.8. The highest BCUT2D eigenvalue weighted by Gasteiger charge is 2.71. The van der Waals surface area contributed by atoms with E-state index in [0.29, 0.717) is 60.6 Å². The number of hydrogen-bond donors (Lipinski definition) is 6. The van der Waals surface area contributed by atoms with Gasteiger partial charge in [-0.2, -0.15) is 0 Å². The molecule has 5 heterocycles. The number of aromatic nitrogens is 3. The minimum Gasteiger partial charge on any atom is -0.464 e. The van der Waals surface area contributed by atoms with Crippen molar-refractivity contribution in [3.63, 3.8) is 0 Å². The Hall–Kier alpha value is -10.3. The van der Waals surface area contributed by atoms with Crippen molar-refractivity contribution in [3.05, 3.63) is 120 Å². The molecule has 6 N–H and O–H groups in total. The normalized spacial score (nSPS) is 31.7. The molecule has 0 bridgehead atoms. The molecule has 0 radical (unpaired) electrons. The lowest BCUT2D eigenvalue weighted by atomic mass is 9.33. The minimum absolute atomic E-state index is 0.0283. The van der Waals surface area contributed by atoms with Crippen LogP contribution in [-0.2, 0) is 134 Å². The fourth-order valence-electron chi connectivity index (χ4n) is 21.6. The van der Waals surface area contributed by atoms with Gasteiger partial charge in [-0.25, -0.2) is 14.4 Å². The molecule has 3 aromatic carbocycles. The number of amides is 3. The molecule has 2 saturated heterocycles. The van der Waals surface area contributed by atoms with Gasteiger partial charge in [0.25, 0.3) is 11.8 Å². The number of carbonyl (C=O) groups is 12. The number of ketones is 1. The topological polar surface area (TPSA) is 399 Å². The second-order valence-electron chi connectivity index (χ2n) is 35.7. The Balaban J connectivity index is 0.860. The predicted octanol–water partition coefficient (Wildman–Crippen LogP) is 10.2. The van der Waals surface area contributed by atoms with Gasteiger partial charge >= 0.3 is 47.8 Å². The highest BCUT2D eigenvalue weighted by molar-refractivity contribution is 5.97. The van der Waals surface area contributed by atoms with Crippen LogP contribution in [0, 0.1) is 50.2 Å². The predicted molar refractivity (Wildman–Crippen MR) is 436 cm³/mol. The van der Waals surface area contributed by atoms with Crippen molar-refractivity contribution in [1.29, 1.82) is 0 Å². The third kappa shape index (κ3) is 17.4. The molecule has 2 aliphatic heterocycles. The van der Waals surface area contributed by atoms with Crippen LogP contribution in [0.2, 0.25) is 0 Å². The number of H-pyrrole nitrogens is 3. The standard InChI is InChI=1S/C91H114N6O24/c1-16-110-80(106)63(39-52-44-92-60-28-22-19-25-55(52)60)95-78(104)73-70(114-48(5)99)72(116-50(7)101)76(121-84-75(117-51(8)102)71(115-49(6)100)69(113-47(4)98)74(120-84)79(105)96-64(81(107)111-17-2)40-53-45-93-61-29-23-20-26-56(53)61)83(119-73)118-68-32-33-89(13)67(86(68,9)10)31-34-91(15)77(89)66(103)42-58-59-43-88(12,36-35-87(59,11)37-38-90(58,91)14)85(109)97-65(82(108)112-18-3)41-54-46-94-62-30-24-21-27-57(54)62/h19-30,42,44-46,59,63-65,67-77,83-84,92-94H,16-18,31-41,43H2,1-15H3,(H,95,104)(H,96,105)(H,97,109). The Labute approximate surface area is 702 Å². The second-order valence-corrected chi connectivity index (χ2v) is 35.7. The van der Waals surface area contributed by atoms with E-state index in [1.807, 2.05) is 87.6 Å². The summed E-state index contributed by atoms with van der Waals surface area (Å²) < 4.78 is 74.7. The number of fused-ring (bicyclic) bond motifs is 10. The maximum absolute atomic E-state index is 16.1. The van der Waals surface area contributed by atoms with Gasteiger partial charge in [0.05, 0.1) is 25.9 Å². The molecule has 22 unspecified atom stereocenters. The summed E-state index contributed by atoms with van der Waals surface area (Å²) in [6.45, 7) is 24.8. The molecule has 6 aromatic rings. The monoisotopic (exact) mass is 1670 g/mol. The number of allylic oxidation sites excluding steroid dienone is 2. The van der Waals surface area contributed by atoms with Crippen LogP contribution in [0.1, 0.15) is 178 Å². The third-order valence-corrected chi connectivity index (χ3v) is 27.6. The number of carbonyl (C=O) groups excluding carboxylic acids is 12. The van der Waals surface area contributed by atoms with Crippen molar-refractivity contribution in [3.8, 4) is 0 Å². The van der Waals surface area contributed by atoms with Gasteiger partial charge in [-0.1, -0.05) is 109 Å². The molecule has 121 heavy (non-hydrogen) atoms. The summed E-state index contributed by atoms with van der Waals surface area (Å²) in [6, 6.07) is 18.4. The SMILES string of the molecule is CCOC(=O)C(Cc1c[nH]c2ccccc12)NC(=O)C1OC(OC2C(OC3CCC4(C)C(CCC5(C)C4C(=O)C=C4C6CC(C)(C(=O)NC(Cc7c[nH]c8ccccc78)C(=O)OCC)CCC6(C)CCC45C)C3(C)C)OC(C(=O)NC(Cc3c[nH]c4ccccc34)C(=O)OCC)C(OC(C)=O)C2OC(C)=O)C(OC(C)=O)C(OC(C)=O)C1OC(C)=O. The molecule has 30 nitrogen and oxygen atoms in total. The minimum atomic E-state index is -2.24. The summed E-state index contributed by atoms with van der Waals surface area (Å²) in [5.74, 6) is -11.1. The molecule has 7 aliphatic rings. The van der Waals surface area contributed by atoms with Gasteiger partial charge in [0, 0.05) is 117 Å². The van der Waals surface area contributed by atoms with Gasteiger partial charge in [-0.15, -0.1) is 0 Å². The lowest BCUT2D eigenvalue weighted by Gasteiger charge is -2.70. The van der Waals surface area contributed by atoms with Crippen LogP contribution in [-0.4, -0.2) is 192 Å². The van der Waals surface area contributed by atoms with Crippen LogP contribution < -0.4 is 16.0 Å². The van der Waals surface area contributed by atoms with E-state index < -0.39 is 178 Å². The van der Waals surface area contributed by atoms with Gasteiger partial charge in [0.2, 0.25) is 5.91 Å². The Morgan fingerprint density at radius 2 is 0.876 bits per heavy atom. The average Bonchev–Trinajstić information content (AvgIpc) is 0.976. The van der Waals surface area contributed by atoms with Gasteiger partial charge < -0.3 is 87.7 Å². The highest BCUT2D eigenvalue weighted by atomic mass is 16.8. The van der Waals surface area contributed by atoms with Crippen LogP contribution >= 0.6 is 0 Å². The zero-order chi connectivity index (χ0) is 87.2. The van der Waals surface area contributed by atoms with E-state index >= 15 is 19.2 Å². The molecule has 6 fully saturated rings. The largest absolute Gasteiger partial charge is 0.464 e. The number of nitrogens with one attached hydrogen (secondary N) is 6. The van der Waals surface area contributed by atoms with E-state index in [0.717, 1.165) is 80.4 Å². The maximum atomic E-state index is 16.1. The first-order chi connectivity index (χ1) is 57.4. The fourth-order valence-corrected chi connectivity index (χ4v) is 21.6. The summed E-state index contributed by atoms with van der Waals surface area (Å²) in [5, 5.41) is 11.0. The number of benzene rings is 3. The van der Waals surface area contributed by atoms with E-state index in [4.69, 9.17) is 56.8 Å². The summed E-state index contributed by atoms with van der Waals surface area (Å²) in [6.07, 6.45) is -9.64. The lowest BCUT2D eigenvalue weighted by molar-refractivity contribution is -0.370. The third-order valence-electron chi connectivity index (χ3n) is 27.6. The summed E-state index contributed by atoms with van der Waals surface area (Å²) in [7, 11) is 0. The van der Waals surface area contributed by atoms with E-state index in [9.17, 15) is 38.4 Å². The van der Waals surface area contributed by atoms with Gasteiger partial charge in [0.15, 0.2) is 67.2 Å². The number of aromatic amines is 3. The van der Waals surface area contributed by atoms with Crippen LogP contribution in [0.4, 0.5) is 0 Å². The Morgan fingerprint density at radius 3 is 1.32 bits per heavy atom. The zero-order valence-electron chi connectivity index (χ0n) is 71.5. The molecule has 0 spiro atoms. The van der Waals surface area contributed by atoms with E-state index in [2.05, 4.69) is 58.6 Å². The van der Waals surface area contributed by atoms with Crippen LogP contribution in [0.25, 0.3) is 32.7 Å². The van der Waals surface area contributed by atoms with Crippen molar-refractivity contribution in [2.24, 2.45) is 50.2 Å². The summed E-state index contributed by atoms with van der Waals surface area (Å²) in [4.78, 5) is 183. The smallest absolute Gasteiger partial charge is 0.328 e. The summed E-state index contributed by atoms with van der Waals surface area (Å²) >= 11 is 0. The Bertz CT molecular complexity index is 5000. The molecule has 652 valence electrons. The van der Waals surface area contributed by atoms with E-state index in [1.54, 1.807) is 51.4 Å². The van der Waals surface area contributed by atoms with Gasteiger partial charge in [-0.05, 0) is 158 Å². The van der Waals surface area contributed by atoms with E-state index in [-0.39, 0.29) is 74.4 Å². The van der Waals surface area contributed by atoms with Crippen molar-refractivity contribution in [1.82, 2.24) is 30.9 Å². The lowest BCUT2D eigenvalue weighted by Crippen LogP contribution is -2.70. The molecule has 4 saturated carbocycles. The molecule has 22 atom stereocenters. The molecular weight excluding hydrogens is 1560 g/mol. The first-order valence-electron chi connectivity index (χ1n) is 42.2. The van der Waals surface area contributed by atoms with Crippen molar-refractivity contribution >= 4 is 104 Å². The highest BCUT2D eigenvalue weighted by Crippen LogP contribution is 2.75. The number of para-hydroxylation sites is 3. The number of ether oxygens (including phenoxy) is 12. The molecular formula is C91H114N6O24. The van der Waals surface area contributed by atoms with Gasteiger partial charge in [-0.3, -0.25) is 43.2 Å². The number of rotatable bonds is 27. The van der Waals surface area contributed by atoms with E-state index in [1.165, 1.54) is 0 Å². The molecule has 13 rings (SSSR count). The zero-order valence-corrected chi connectivity index (χ0v) is 71.5. The number of hydrogen-bond acceptors (Lipinski definition) is 24. The van der Waals surface area contributed by atoms with Crippen LogP contribution in [0.3, 0.4) is 0 Å². The molecule has 30 heteroatoms. The summed E-state index contributed by atoms with van der Waals surface area (Å²) in [5.41, 5.74) is 1.30. The first-order valence-corrected chi connectivity index (χ1v) is 42.2. The molecule has 5 aliphatic carbocycles.